The van der Waals surface area contributed by atoms with Gasteiger partial charge in [0.1, 0.15) is 0 Å². The van der Waals surface area contributed by atoms with Crippen molar-refractivity contribution >= 4 is 0 Å². The fourth-order valence-electron chi connectivity index (χ4n) is 1.38. The highest BCUT2D eigenvalue weighted by Gasteiger charge is 2.10. The van der Waals surface area contributed by atoms with Gasteiger partial charge >= 0.3 is 0 Å². The molecule has 0 saturated carbocycles. The van der Waals surface area contributed by atoms with Crippen molar-refractivity contribution in [2.24, 2.45) is 5.92 Å². The van der Waals surface area contributed by atoms with Gasteiger partial charge in [-0.25, -0.2) is 0 Å². The second-order valence-electron chi connectivity index (χ2n) is 3.76. The number of methoxy groups -OCH3 is 1. The van der Waals surface area contributed by atoms with Crippen LogP contribution in [0.3, 0.4) is 0 Å². The molecule has 2 heteroatoms. The van der Waals surface area contributed by atoms with Crippen molar-refractivity contribution in [3.63, 3.8) is 0 Å². The van der Waals surface area contributed by atoms with E-state index in [9.17, 15) is 5.11 Å². The van der Waals surface area contributed by atoms with Crippen LogP contribution in [-0.2, 0) is 4.74 Å². The molecule has 0 fully saturated rings. The summed E-state index contributed by atoms with van der Waals surface area (Å²) in [4.78, 5) is 0. The van der Waals surface area contributed by atoms with E-state index < -0.39 is 0 Å². The van der Waals surface area contributed by atoms with Crippen molar-refractivity contribution in [1.82, 2.24) is 0 Å². The second kappa shape index (κ2) is 7.10. The van der Waals surface area contributed by atoms with E-state index in [1.807, 2.05) is 0 Å². The number of hydrogen-bond acceptors (Lipinski definition) is 2. The average Bonchev–Trinajstić information content (AvgIpc) is 2.04. The van der Waals surface area contributed by atoms with Gasteiger partial charge in [0.05, 0.1) is 6.10 Å². The van der Waals surface area contributed by atoms with Gasteiger partial charge in [-0.1, -0.05) is 26.0 Å². The minimum Gasteiger partial charge on any atom is -0.393 e. The Morgan fingerprint density at radius 1 is 1.54 bits per heavy atom. The van der Waals surface area contributed by atoms with Crippen molar-refractivity contribution in [1.29, 1.82) is 0 Å². The maximum atomic E-state index is 9.63. The third kappa shape index (κ3) is 6.79. The summed E-state index contributed by atoms with van der Waals surface area (Å²) in [5.74, 6) is 0.421. The zero-order chi connectivity index (χ0) is 10.3. The van der Waals surface area contributed by atoms with Gasteiger partial charge in [-0.15, -0.1) is 0 Å². The topological polar surface area (TPSA) is 29.5 Å². The van der Waals surface area contributed by atoms with Gasteiger partial charge in [0.25, 0.3) is 0 Å². The van der Waals surface area contributed by atoms with E-state index in [1.54, 1.807) is 7.11 Å². The highest BCUT2D eigenvalue weighted by atomic mass is 16.5. The average molecular weight is 186 g/mol. The van der Waals surface area contributed by atoms with E-state index in [0.29, 0.717) is 5.92 Å². The Hall–Kier alpha value is -0.340. The molecule has 0 heterocycles. The Bertz CT molecular complexity index is 143. The number of rotatable bonds is 7. The van der Waals surface area contributed by atoms with Crippen LogP contribution in [0.25, 0.3) is 0 Å². The molecular formula is C11H22O2. The number of aliphatic hydroxyl groups is 1. The molecule has 0 aliphatic heterocycles. The maximum absolute atomic E-state index is 9.63. The molecule has 0 aromatic heterocycles. The minimum absolute atomic E-state index is 0.252. The predicted octanol–water partition coefficient (Wildman–Crippen LogP) is 2.38. The van der Waals surface area contributed by atoms with Crippen LogP contribution in [0.4, 0.5) is 0 Å². The molecule has 0 aromatic carbocycles. The molecule has 0 saturated heterocycles. The molecule has 13 heavy (non-hydrogen) atoms. The summed E-state index contributed by atoms with van der Waals surface area (Å²) in [6, 6.07) is 0. The lowest BCUT2D eigenvalue weighted by Gasteiger charge is -2.16. The highest BCUT2D eigenvalue weighted by molar-refractivity contribution is 4.94. The lowest BCUT2D eigenvalue weighted by molar-refractivity contribution is 0.101. The first-order chi connectivity index (χ1) is 6.10. The van der Waals surface area contributed by atoms with Crippen molar-refractivity contribution in [3.8, 4) is 0 Å². The largest absolute Gasteiger partial charge is 0.393 e. The summed E-state index contributed by atoms with van der Waals surface area (Å²) in [7, 11) is 1.69. The summed E-state index contributed by atoms with van der Waals surface area (Å²) in [5, 5.41) is 9.63. The van der Waals surface area contributed by atoms with Crippen molar-refractivity contribution < 1.29 is 9.84 Å². The normalized spacial score (nSPS) is 15.4. The molecule has 78 valence electrons. The van der Waals surface area contributed by atoms with Crippen LogP contribution in [0.2, 0.25) is 0 Å². The van der Waals surface area contributed by atoms with Crippen molar-refractivity contribution in [2.45, 2.75) is 39.2 Å². The van der Waals surface area contributed by atoms with E-state index in [1.165, 1.54) is 0 Å². The quantitative estimate of drug-likeness (QED) is 0.618. The van der Waals surface area contributed by atoms with Gasteiger partial charge in [0, 0.05) is 13.7 Å². The molecule has 0 aliphatic rings. The molecule has 0 aromatic rings. The third-order valence-electron chi connectivity index (χ3n) is 2.15. The zero-order valence-electron chi connectivity index (χ0n) is 9.05. The van der Waals surface area contributed by atoms with Crippen molar-refractivity contribution in [2.75, 3.05) is 13.7 Å². The first-order valence-corrected chi connectivity index (χ1v) is 4.93. The van der Waals surface area contributed by atoms with E-state index in [2.05, 4.69) is 20.4 Å². The highest BCUT2D eigenvalue weighted by Crippen LogP contribution is 2.14. The number of aliphatic hydroxyl groups excluding tert-OH is 1. The standard InChI is InChI=1S/C11H22O2/c1-5-9(2)6-11(12)7-10(3)8-13-4/h10-12H,2,5-8H2,1,3-4H3. The number of hydrogen-bond donors (Lipinski definition) is 1. The first kappa shape index (κ1) is 12.7. The van der Waals surface area contributed by atoms with Crippen LogP contribution < -0.4 is 0 Å². The molecule has 2 nitrogen and oxygen atoms in total. The molecule has 0 radical (unpaired) electrons. The lowest BCUT2D eigenvalue weighted by Crippen LogP contribution is -2.15. The van der Waals surface area contributed by atoms with Crippen LogP contribution in [0.5, 0.6) is 0 Å². The molecule has 1 N–H and O–H groups in total. The number of ether oxygens (including phenoxy) is 1. The molecule has 2 atom stereocenters. The minimum atomic E-state index is -0.252. The predicted molar refractivity (Wildman–Crippen MR) is 55.7 cm³/mol. The van der Waals surface area contributed by atoms with E-state index in [0.717, 1.165) is 31.4 Å². The van der Waals surface area contributed by atoms with Crippen LogP contribution in [0.1, 0.15) is 33.1 Å². The second-order valence-corrected chi connectivity index (χ2v) is 3.76. The van der Waals surface area contributed by atoms with E-state index in [4.69, 9.17) is 4.74 Å². The van der Waals surface area contributed by atoms with Crippen LogP contribution in [0, 0.1) is 5.92 Å². The van der Waals surface area contributed by atoms with Crippen LogP contribution >= 0.6 is 0 Å². The fraction of sp³-hybridized carbons (Fsp3) is 0.818. The SMILES string of the molecule is C=C(CC)CC(O)CC(C)COC. The Morgan fingerprint density at radius 3 is 2.62 bits per heavy atom. The van der Waals surface area contributed by atoms with Gasteiger partial charge in [0.2, 0.25) is 0 Å². The van der Waals surface area contributed by atoms with Gasteiger partial charge < -0.3 is 9.84 Å². The zero-order valence-corrected chi connectivity index (χ0v) is 9.05. The Balaban J connectivity index is 3.60. The Labute approximate surface area is 81.6 Å². The third-order valence-corrected chi connectivity index (χ3v) is 2.15. The molecule has 2 unspecified atom stereocenters. The fourth-order valence-corrected chi connectivity index (χ4v) is 1.38. The summed E-state index contributed by atoms with van der Waals surface area (Å²) < 4.78 is 5.00. The Morgan fingerprint density at radius 2 is 2.15 bits per heavy atom. The summed E-state index contributed by atoms with van der Waals surface area (Å²) >= 11 is 0. The Kier molecular flexibility index (Phi) is 6.92. The molecule has 0 spiro atoms. The first-order valence-electron chi connectivity index (χ1n) is 4.93. The van der Waals surface area contributed by atoms with E-state index in [-0.39, 0.29) is 6.10 Å². The summed E-state index contributed by atoms with van der Waals surface area (Å²) in [6.07, 6.45) is 2.23. The van der Waals surface area contributed by atoms with Crippen LogP contribution in [-0.4, -0.2) is 24.9 Å². The smallest absolute Gasteiger partial charge is 0.0580 e. The maximum Gasteiger partial charge on any atom is 0.0580 e. The summed E-state index contributed by atoms with van der Waals surface area (Å²) in [5.41, 5.74) is 1.12. The van der Waals surface area contributed by atoms with E-state index >= 15 is 0 Å². The molecule has 0 amide bonds. The molecular weight excluding hydrogens is 164 g/mol. The monoisotopic (exact) mass is 186 g/mol. The molecule has 0 bridgehead atoms. The van der Waals surface area contributed by atoms with Gasteiger partial charge in [0.15, 0.2) is 0 Å². The van der Waals surface area contributed by atoms with Gasteiger partial charge in [-0.2, -0.15) is 0 Å². The van der Waals surface area contributed by atoms with Crippen LogP contribution in [0.15, 0.2) is 12.2 Å². The molecule has 0 aliphatic carbocycles. The molecule has 0 rings (SSSR count). The van der Waals surface area contributed by atoms with Gasteiger partial charge in [-0.05, 0) is 25.2 Å². The van der Waals surface area contributed by atoms with Crippen molar-refractivity contribution in [3.05, 3.63) is 12.2 Å². The lowest BCUT2D eigenvalue weighted by atomic mass is 9.99. The summed E-state index contributed by atoms with van der Waals surface area (Å²) in [6.45, 7) is 8.74. The van der Waals surface area contributed by atoms with Gasteiger partial charge in [-0.3, -0.25) is 0 Å².